The number of nitrogens with one attached hydrogen (secondary N) is 2. The van der Waals surface area contributed by atoms with Crippen LogP contribution in [0.5, 0.6) is 0 Å². The van der Waals surface area contributed by atoms with Crippen molar-refractivity contribution in [2.75, 3.05) is 38.0 Å². The van der Waals surface area contributed by atoms with Crippen LogP contribution in [0.1, 0.15) is 38.1 Å². The molecule has 142 valence electrons. The Kier molecular flexibility index (Phi) is 6.23. The van der Waals surface area contributed by atoms with E-state index in [0.29, 0.717) is 44.0 Å². The van der Waals surface area contributed by atoms with Gasteiger partial charge in [-0.25, -0.2) is 4.79 Å². The molecule has 26 heavy (non-hydrogen) atoms. The Morgan fingerprint density at radius 3 is 2.23 bits per heavy atom. The van der Waals surface area contributed by atoms with Gasteiger partial charge in [-0.1, -0.05) is 26.8 Å². The minimum absolute atomic E-state index is 0.0341. The normalized spacial score (nSPS) is 14.8. The number of anilines is 1. The third-order valence-electron chi connectivity index (χ3n) is 4.05. The lowest BCUT2D eigenvalue weighted by molar-refractivity contribution is -0.114. The van der Waals surface area contributed by atoms with Crippen LogP contribution in [-0.4, -0.2) is 60.4 Å². The van der Waals surface area contributed by atoms with E-state index in [-0.39, 0.29) is 23.3 Å². The topological polar surface area (TPSA) is 81.8 Å². The Bertz CT molecular complexity index is 674. The fourth-order valence-electron chi connectivity index (χ4n) is 2.68. The van der Waals surface area contributed by atoms with Gasteiger partial charge in [-0.05, 0) is 23.6 Å². The molecular weight excluding hydrogens is 332 g/mol. The average Bonchev–Trinajstić information content (AvgIpc) is 2.58. The standard InChI is InChI=1S/C19H28N4O3/c1-14(24)21-16-7-5-6-15(12-16)17(25)22-8-10-23(11-9-22)18(26)20-13-19(2,3)4/h5-7,12H,8-11,13H2,1-4H3,(H,20,26)(H,21,24). The van der Waals surface area contributed by atoms with Gasteiger partial charge in [-0.15, -0.1) is 0 Å². The van der Waals surface area contributed by atoms with Gasteiger partial charge in [0.2, 0.25) is 5.91 Å². The third-order valence-corrected chi connectivity index (χ3v) is 4.05. The smallest absolute Gasteiger partial charge is 0.317 e. The molecule has 1 aromatic rings. The molecule has 7 heteroatoms. The molecule has 1 aliphatic heterocycles. The maximum absolute atomic E-state index is 12.7. The van der Waals surface area contributed by atoms with Gasteiger partial charge in [-0.3, -0.25) is 9.59 Å². The first-order valence-corrected chi connectivity index (χ1v) is 8.85. The molecule has 0 unspecified atom stereocenters. The van der Waals surface area contributed by atoms with Crippen molar-refractivity contribution < 1.29 is 14.4 Å². The fraction of sp³-hybridized carbons (Fsp3) is 0.526. The molecule has 1 aliphatic rings. The number of carbonyl (C=O) groups is 3. The van der Waals surface area contributed by atoms with Gasteiger partial charge in [0, 0.05) is 50.9 Å². The van der Waals surface area contributed by atoms with E-state index in [9.17, 15) is 14.4 Å². The maximum atomic E-state index is 12.7. The van der Waals surface area contributed by atoms with Crippen LogP contribution in [0.2, 0.25) is 0 Å². The van der Waals surface area contributed by atoms with Crippen molar-refractivity contribution in [3.8, 4) is 0 Å². The summed E-state index contributed by atoms with van der Waals surface area (Å²) in [5, 5.41) is 5.62. The van der Waals surface area contributed by atoms with Crippen LogP contribution in [0, 0.1) is 5.41 Å². The molecule has 2 rings (SSSR count). The Morgan fingerprint density at radius 1 is 1.04 bits per heavy atom. The summed E-state index contributed by atoms with van der Waals surface area (Å²) in [4.78, 5) is 39.5. The van der Waals surface area contributed by atoms with Crippen LogP contribution < -0.4 is 10.6 Å². The number of hydrogen-bond donors (Lipinski definition) is 2. The Morgan fingerprint density at radius 2 is 1.65 bits per heavy atom. The van der Waals surface area contributed by atoms with Gasteiger partial charge >= 0.3 is 6.03 Å². The number of urea groups is 1. The molecule has 0 spiro atoms. The number of nitrogens with zero attached hydrogens (tertiary/aromatic N) is 2. The molecule has 0 aliphatic carbocycles. The van der Waals surface area contributed by atoms with Crippen molar-refractivity contribution in [3.63, 3.8) is 0 Å². The molecule has 0 bridgehead atoms. The second-order valence-electron chi connectivity index (χ2n) is 7.76. The van der Waals surface area contributed by atoms with Crippen LogP contribution in [0.4, 0.5) is 10.5 Å². The Labute approximate surface area is 154 Å². The maximum Gasteiger partial charge on any atom is 0.317 e. The summed E-state index contributed by atoms with van der Waals surface area (Å²) in [7, 11) is 0. The van der Waals surface area contributed by atoms with E-state index in [1.54, 1.807) is 34.1 Å². The first-order valence-electron chi connectivity index (χ1n) is 8.85. The van der Waals surface area contributed by atoms with Gasteiger partial charge in [0.25, 0.3) is 5.91 Å². The van der Waals surface area contributed by atoms with Gasteiger partial charge in [-0.2, -0.15) is 0 Å². The van der Waals surface area contributed by atoms with Crippen LogP contribution >= 0.6 is 0 Å². The summed E-state index contributed by atoms with van der Waals surface area (Å²) in [6.45, 7) is 10.2. The van der Waals surface area contributed by atoms with Crippen molar-refractivity contribution in [2.24, 2.45) is 5.41 Å². The molecule has 1 fully saturated rings. The summed E-state index contributed by atoms with van der Waals surface area (Å²) >= 11 is 0. The fourth-order valence-corrected chi connectivity index (χ4v) is 2.68. The van der Waals surface area contributed by atoms with E-state index >= 15 is 0 Å². The number of amides is 4. The minimum Gasteiger partial charge on any atom is -0.337 e. The predicted octanol–water partition coefficient (Wildman–Crippen LogP) is 2.16. The summed E-state index contributed by atoms with van der Waals surface area (Å²) in [5.74, 6) is -0.267. The van der Waals surface area contributed by atoms with Crippen molar-refractivity contribution in [2.45, 2.75) is 27.7 Å². The summed E-state index contributed by atoms with van der Waals surface area (Å²) in [6, 6.07) is 6.81. The first-order chi connectivity index (χ1) is 12.2. The molecule has 0 radical (unpaired) electrons. The summed E-state index contributed by atoms with van der Waals surface area (Å²) in [6.07, 6.45) is 0. The zero-order chi connectivity index (χ0) is 19.3. The predicted molar refractivity (Wildman–Crippen MR) is 101 cm³/mol. The number of hydrogen-bond acceptors (Lipinski definition) is 3. The number of rotatable bonds is 3. The minimum atomic E-state index is -0.176. The molecule has 0 atom stereocenters. The van der Waals surface area contributed by atoms with E-state index in [0.717, 1.165) is 0 Å². The van der Waals surface area contributed by atoms with E-state index in [2.05, 4.69) is 31.4 Å². The third kappa shape index (κ3) is 5.75. The molecule has 0 aromatic heterocycles. The van der Waals surface area contributed by atoms with Gasteiger partial charge in [0.05, 0.1) is 0 Å². The quantitative estimate of drug-likeness (QED) is 0.867. The Hall–Kier alpha value is -2.57. The average molecular weight is 360 g/mol. The largest absolute Gasteiger partial charge is 0.337 e. The van der Waals surface area contributed by atoms with Gasteiger partial charge in [0.15, 0.2) is 0 Å². The molecular formula is C19H28N4O3. The highest BCUT2D eigenvalue weighted by Gasteiger charge is 2.25. The lowest BCUT2D eigenvalue weighted by Gasteiger charge is -2.35. The monoisotopic (exact) mass is 360 g/mol. The molecule has 4 amide bonds. The number of piperazine rings is 1. The van der Waals surface area contributed by atoms with Gasteiger partial charge in [0.1, 0.15) is 0 Å². The summed E-state index contributed by atoms with van der Waals surface area (Å²) in [5.41, 5.74) is 1.16. The van der Waals surface area contributed by atoms with Crippen molar-refractivity contribution in [3.05, 3.63) is 29.8 Å². The van der Waals surface area contributed by atoms with Crippen LogP contribution in [-0.2, 0) is 4.79 Å². The second kappa shape index (κ2) is 8.21. The molecule has 2 N–H and O–H groups in total. The zero-order valence-electron chi connectivity index (χ0n) is 16.0. The van der Waals surface area contributed by atoms with Crippen LogP contribution in [0.3, 0.4) is 0 Å². The molecule has 1 saturated heterocycles. The molecule has 7 nitrogen and oxygen atoms in total. The SMILES string of the molecule is CC(=O)Nc1cccc(C(=O)N2CCN(C(=O)NCC(C)(C)C)CC2)c1. The second-order valence-corrected chi connectivity index (χ2v) is 7.76. The molecule has 0 saturated carbocycles. The first kappa shape index (κ1) is 19.8. The van der Waals surface area contributed by atoms with Crippen molar-refractivity contribution >= 4 is 23.5 Å². The van der Waals surface area contributed by atoms with Crippen LogP contribution in [0.15, 0.2) is 24.3 Å². The van der Waals surface area contributed by atoms with E-state index in [1.165, 1.54) is 6.92 Å². The van der Waals surface area contributed by atoms with Crippen LogP contribution in [0.25, 0.3) is 0 Å². The zero-order valence-corrected chi connectivity index (χ0v) is 16.0. The number of benzene rings is 1. The molecule has 1 heterocycles. The van der Waals surface area contributed by atoms with Gasteiger partial charge < -0.3 is 20.4 Å². The van der Waals surface area contributed by atoms with Crippen molar-refractivity contribution in [1.82, 2.24) is 15.1 Å². The highest BCUT2D eigenvalue weighted by atomic mass is 16.2. The lowest BCUT2D eigenvalue weighted by atomic mass is 9.97. The Balaban J connectivity index is 1.90. The summed E-state index contributed by atoms with van der Waals surface area (Å²) < 4.78 is 0. The lowest BCUT2D eigenvalue weighted by Crippen LogP contribution is -2.53. The van der Waals surface area contributed by atoms with Crippen molar-refractivity contribution in [1.29, 1.82) is 0 Å². The highest BCUT2D eigenvalue weighted by molar-refractivity contribution is 5.97. The van der Waals surface area contributed by atoms with E-state index in [4.69, 9.17) is 0 Å². The van der Waals surface area contributed by atoms with E-state index < -0.39 is 0 Å². The molecule has 1 aromatic carbocycles. The van der Waals surface area contributed by atoms with E-state index in [1.807, 2.05) is 0 Å². The highest BCUT2D eigenvalue weighted by Crippen LogP contribution is 2.15. The number of carbonyl (C=O) groups excluding carboxylic acids is 3.